The van der Waals surface area contributed by atoms with Crippen LogP contribution in [0, 0.1) is 11.6 Å². The average Bonchev–Trinajstić information content (AvgIpc) is 2.85. The summed E-state index contributed by atoms with van der Waals surface area (Å²) < 4.78 is 53.6. The number of amides is 1. The van der Waals surface area contributed by atoms with Crippen molar-refractivity contribution in [3.63, 3.8) is 0 Å². The predicted octanol–water partition coefficient (Wildman–Crippen LogP) is 5.76. The van der Waals surface area contributed by atoms with Gasteiger partial charge in [0.2, 0.25) is 0 Å². The van der Waals surface area contributed by atoms with E-state index in [0.717, 1.165) is 24.8 Å². The average molecular weight is 524 g/mol. The number of esters is 1. The van der Waals surface area contributed by atoms with E-state index in [-0.39, 0.29) is 24.5 Å². The molecular weight excluding hydrogens is 488 g/mol. The maximum Gasteiger partial charge on any atom is 0.410 e. The number of carbonyl (C=O) groups excluding carboxylic acids is 2. The number of halogens is 2. The molecule has 37 heavy (non-hydrogen) atoms. The topological polar surface area (TPSA) is 83.5 Å². The van der Waals surface area contributed by atoms with E-state index >= 15 is 0 Å². The molecule has 0 aliphatic rings. The zero-order valence-electron chi connectivity index (χ0n) is 22.2. The van der Waals surface area contributed by atoms with E-state index in [2.05, 4.69) is 4.74 Å². The van der Waals surface area contributed by atoms with Gasteiger partial charge in [-0.15, -0.1) is 0 Å². The van der Waals surface area contributed by atoms with E-state index < -0.39 is 29.3 Å². The van der Waals surface area contributed by atoms with Crippen molar-refractivity contribution in [2.24, 2.45) is 0 Å². The van der Waals surface area contributed by atoms with E-state index in [4.69, 9.17) is 18.9 Å². The number of nitrogens with zero attached hydrogens (tertiary/aromatic N) is 1. The maximum absolute atomic E-state index is 13.6. The summed E-state index contributed by atoms with van der Waals surface area (Å²) in [6.07, 6.45) is 1.39. The van der Waals surface area contributed by atoms with Crippen molar-refractivity contribution in [3.8, 4) is 17.2 Å². The molecule has 0 spiro atoms. The number of benzene rings is 2. The summed E-state index contributed by atoms with van der Waals surface area (Å²) >= 11 is 0. The number of ether oxygens (including phenoxy) is 5. The molecule has 0 atom stereocenters. The Morgan fingerprint density at radius 1 is 0.892 bits per heavy atom. The van der Waals surface area contributed by atoms with Crippen molar-refractivity contribution in [2.75, 3.05) is 34.5 Å². The Hall–Kier alpha value is -3.56. The number of unbranched alkanes of at least 4 members (excludes halogenated alkanes) is 2. The first-order valence-corrected chi connectivity index (χ1v) is 11.9. The summed E-state index contributed by atoms with van der Waals surface area (Å²) in [7, 11) is 4.26. The Morgan fingerprint density at radius 3 is 2.22 bits per heavy atom. The van der Waals surface area contributed by atoms with Gasteiger partial charge in [-0.1, -0.05) is 0 Å². The van der Waals surface area contributed by atoms with Gasteiger partial charge in [0.25, 0.3) is 0 Å². The van der Waals surface area contributed by atoms with E-state index in [1.807, 2.05) is 6.07 Å². The van der Waals surface area contributed by atoms with Crippen LogP contribution in [0.2, 0.25) is 0 Å². The lowest BCUT2D eigenvalue weighted by molar-refractivity contribution is 0.0228. The third-order valence-electron chi connectivity index (χ3n) is 5.26. The zero-order chi connectivity index (χ0) is 27.6. The molecule has 8 nitrogen and oxygen atoms in total. The molecule has 0 heterocycles. The van der Waals surface area contributed by atoms with Crippen LogP contribution in [0.4, 0.5) is 13.6 Å². The molecule has 0 aromatic heterocycles. The zero-order valence-corrected chi connectivity index (χ0v) is 22.2. The van der Waals surface area contributed by atoms with Crippen LogP contribution in [0.25, 0.3) is 0 Å². The molecule has 0 saturated carbocycles. The largest absolute Gasteiger partial charge is 0.497 e. The summed E-state index contributed by atoms with van der Waals surface area (Å²) in [5.41, 5.74) is -0.0494. The van der Waals surface area contributed by atoms with E-state index in [1.54, 1.807) is 52.0 Å². The molecular formula is C27H35F2NO7. The van der Waals surface area contributed by atoms with Crippen LogP contribution in [0.3, 0.4) is 0 Å². The smallest absolute Gasteiger partial charge is 0.410 e. The SMILES string of the molecule is COC(=O)c1cc(F)c(F)cc1OCCCCCN(Cc1ccc(OC)cc1OC)C(=O)OC(C)(C)C. The van der Waals surface area contributed by atoms with Crippen LogP contribution in [0.1, 0.15) is 56.0 Å². The minimum absolute atomic E-state index is 0.0901. The third-order valence-corrected chi connectivity index (χ3v) is 5.26. The van der Waals surface area contributed by atoms with Gasteiger partial charge in [-0.3, -0.25) is 0 Å². The van der Waals surface area contributed by atoms with Crippen LogP contribution in [-0.2, 0) is 16.0 Å². The Bertz CT molecular complexity index is 1070. The number of carbonyl (C=O) groups is 2. The first-order valence-electron chi connectivity index (χ1n) is 11.9. The van der Waals surface area contributed by atoms with Crippen LogP contribution in [0.5, 0.6) is 17.2 Å². The molecule has 2 aromatic carbocycles. The van der Waals surface area contributed by atoms with Crippen LogP contribution < -0.4 is 14.2 Å². The quantitative estimate of drug-likeness (QED) is 0.259. The summed E-state index contributed by atoms with van der Waals surface area (Å²) in [5, 5.41) is 0. The van der Waals surface area contributed by atoms with E-state index in [0.29, 0.717) is 37.3 Å². The van der Waals surface area contributed by atoms with Crippen molar-refractivity contribution in [2.45, 2.75) is 52.2 Å². The van der Waals surface area contributed by atoms with Crippen LogP contribution in [0.15, 0.2) is 30.3 Å². The molecule has 0 fully saturated rings. The second-order valence-electron chi connectivity index (χ2n) is 9.24. The Labute approximate surface area is 216 Å². The molecule has 0 unspecified atom stereocenters. The Balaban J connectivity index is 1.99. The van der Waals surface area contributed by atoms with Gasteiger partial charge in [0.05, 0.1) is 34.5 Å². The van der Waals surface area contributed by atoms with Gasteiger partial charge >= 0.3 is 12.1 Å². The molecule has 204 valence electrons. The summed E-state index contributed by atoms with van der Waals surface area (Å²) in [6, 6.07) is 6.96. The van der Waals surface area contributed by atoms with Gasteiger partial charge in [-0.25, -0.2) is 18.4 Å². The predicted molar refractivity (Wildman–Crippen MR) is 133 cm³/mol. The van der Waals surface area contributed by atoms with Gasteiger partial charge in [0.1, 0.15) is 28.4 Å². The summed E-state index contributed by atoms with van der Waals surface area (Å²) in [4.78, 5) is 26.3. The second kappa shape index (κ2) is 13.7. The highest BCUT2D eigenvalue weighted by molar-refractivity contribution is 5.92. The minimum atomic E-state index is -1.16. The third kappa shape index (κ3) is 9.11. The normalized spacial score (nSPS) is 11.0. The fourth-order valence-electron chi connectivity index (χ4n) is 3.43. The Kier molecular flexibility index (Phi) is 11.0. The van der Waals surface area contributed by atoms with Gasteiger partial charge in [0.15, 0.2) is 11.6 Å². The molecule has 0 aliphatic carbocycles. The minimum Gasteiger partial charge on any atom is -0.497 e. The highest BCUT2D eigenvalue weighted by Gasteiger charge is 2.23. The van der Waals surface area contributed by atoms with Crippen molar-refractivity contribution in [1.82, 2.24) is 4.90 Å². The lowest BCUT2D eigenvalue weighted by atomic mass is 10.1. The van der Waals surface area contributed by atoms with Gasteiger partial charge in [0, 0.05) is 24.2 Å². The molecule has 0 bridgehead atoms. The van der Waals surface area contributed by atoms with Crippen molar-refractivity contribution in [3.05, 3.63) is 53.1 Å². The first kappa shape index (κ1) is 29.7. The number of hydrogen-bond donors (Lipinski definition) is 0. The highest BCUT2D eigenvalue weighted by atomic mass is 19.2. The van der Waals surface area contributed by atoms with E-state index in [1.165, 1.54) is 0 Å². The van der Waals surface area contributed by atoms with Crippen molar-refractivity contribution in [1.29, 1.82) is 0 Å². The van der Waals surface area contributed by atoms with Crippen LogP contribution >= 0.6 is 0 Å². The molecule has 0 aliphatic heterocycles. The number of methoxy groups -OCH3 is 3. The molecule has 0 saturated heterocycles. The summed E-state index contributed by atoms with van der Waals surface area (Å²) in [5.74, 6) is -1.97. The molecule has 2 aromatic rings. The van der Waals surface area contributed by atoms with Crippen LogP contribution in [-0.4, -0.2) is 57.0 Å². The highest BCUT2D eigenvalue weighted by Crippen LogP contribution is 2.27. The standard InChI is InChI=1S/C27H35F2NO7/c1-27(2,3)37-26(32)30(17-18-10-11-19(33-4)14-23(18)34-5)12-8-7-9-13-36-24-16-22(29)21(28)15-20(24)25(31)35-6/h10-11,14-16H,7-9,12-13,17H2,1-6H3. The fraction of sp³-hybridized carbons (Fsp3) is 0.481. The second-order valence-corrected chi connectivity index (χ2v) is 9.24. The lowest BCUT2D eigenvalue weighted by Crippen LogP contribution is -2.37. The number of hydrogen-bond acceptors (Lipinski definition) is 7. The Morgan fingerprint density at radius 2 is 1.59 bits per heavy atom. The molecule has 0 N–H and O–H groups in total. The van der Waals surface area contributed by atoms with Gasteiger partial charge in [-0.05, 0) is 58.2 Å². The molecule has 2 rings (SSSR count). The molecule has 10 heteroatoms. The van der Waals surface area contributed by atoms with Crippen molar-refractivity contribution < 1.29 is 42.1 Å². The lowest BCUT2D eigenvalue weighted by Gasteiger charge is -2.28. The maximum atomic E-state index is 13.6. The number of rotatable bonds is 12. The van der Waals surface area contributed by atoms with Gasteiger partial charge in [-0.2, -0.15) is 0 Å². The monoisotopic (exact) mass is 523 g/mol. The summed E-state index contributed by atoms with van der Waals surface area (Å²) in [6.45, 7) is 6.24. The van der Waals surface area contributed by atoms with Gasteiger partial charge < -0.3 is 28.6 Å². The first-order chi connectivity index (χ1) is 17.5. The molecule has 1 amide bonds. The fourth-order valence-corrected chi connectivity index (χ4v) is 3.43. The van der Waals surface area contributed by atoms with Crippen molar-refractivity contribution >= 4 is 12.1 Å². The van der Waals surface area contributed by atoms with E-state index in [9.17, 15) is 18.4 Å². The molecule has 0 radical (unpaired) electrons.